The zero-order valence-corrected chi connectivity index (χ0v) is 6.62. The monoisotopic (exact) mass is 187 g/mol. The molecule has 1 heterocycles. The van der Waals surface area contributed by atoms with Gasteiger partial charge in [-0.05, 0) is 13.0 Å². The van der Waals surface area contributed by atoms with Crippen molar-refractivity contribution in [2.45, 2.75) is 18.0 Å². The van der Waals surface area contributed by atoms with Gasteiger partial charge in [0.25, 0.3) is 0 Å². The Morgan fingerprint density at radius 3 is 2.45 bits per heavy atom. The Labute approximate surface area is 68.1 Å². The molecule has 1 aliphatic heterocycles. The maximum Gasteiger partial charge on any atom is 0.401 e. The number of hydrogen-bond acceptors (Lipinski definition) is 1. The van der Waals surface area contributed by atoms with Crippen molar-refractivity contribution in [1.29, 1.82) is 0 Å². The van der Waals surface area contributed by atoms with Gasteiger partial charge in [-0.1, -0.05) is 0 Å². The molecule has 0 amide bonds. The fraction of sp³-hybridized carbons (Fsp3) is 1.00. The number of halogens is 4. The zero-order valence-electron chi connectivity index (χ0n) is 5.86. The summed E-state index contributed by atoms with van der Waals surface area (Å²) in [6, 6.07) is 0. The summed E-state index contributed by atoms with van der Waals surface area (Å²) in [6.45, 7) is 0.00492. The fourth-order valence-corrected chi connectivity index (χ4v) is 1.48. The van der Waals surface area contributed by atoms with Gasteiger partial charge in [0.1, 0.15) is 0 Å². The summed E-state index contributed by atoms with van der Waals surface area (Å²) in [4.78, 5) is 1.33. The lowest BCUT2D eigenvalue weighted by Gasteiger charge is -2.16. The first kappa shape index (κ1) is 9.13. The van der Waals surface area contributed by atoms with Gasteiger partial charge in [-0.15, -0.1) is 11.6 Å². The van der Waals surface area contributed by atoms with Crippen LogP contribution in [0.25, 0.3) is 0 Å². The Kier molecular flexibility index (Phi) is 2.65. The van der Waals surface area contributed by atoms with Crippen LogP contribution in [-0.2, 0) is 0 Å². The molecule has 1 saturated heterocycles. The van der Waals surface area contributed by atoms with Gasteiger partial charge in [-0.25, -0.2) is 0 Å². The molecule has 1 fully saturated rings. The second-order valence-electron chi connectivity index (χ2n) is 2.74. The van der Waals surface area contributed by atoms with Crippen molar-refractivity contribution in [1.82, 2.24) is 4.90 Å². The van der Waals surface area contributed by atoms with Gasteiger partial charge in [-0.2, -0.15) is 13.2 Å². The number of alkyl halides is 4. The zero-order chi connectivity index (χ0) is 8.48. The second kappa shape index (κ2) is 3.19. The fourth-order valence-electron chi connectivity index (χ4n) is 1.18. The van der Waals surface area contributed by atoms with Gasteiger partial charge in [-0.3, -0.25) is 4.90 Å². The average Bonchev–Trinajstić information content (AvgIpc) is 2.10. The summed E-state index contributed by atoms with van der Waals surface area (Å²) in [5.41, 5.74) is 0. The molecule has 1 atom stereocenters. The van der Waals surface area contributed by atoms with E-state index in [-0.39, 0.29) is 5.38 Å². The molecule has 1 unspecified atom stereocenters. The third-order valence-electron chi connectivity index (χ3n) is 1.62. The molecule has 66 valence electrons. The van der Waals surface area contributed by atoms with Crippen molar-refractivity contribution in [3.05, 3.63) is 0 Å². The molecule has 0 saturated carbocycles. The van der Waals surface area contributed by atoms with Crippen LogP contribution in [0.5, 0.6) is 0 Å². The first-order valence-corrected chi connectivity index (χ1v) is 3.84. The Bertz CT molecular complexity index is 136. The average molecular weight is 188 g/mol. The van der Waals surface area contributed by atoms with Crippen LogP contribution in [0.3, 0.4) is 0 Å². The Hall–Kier alpha value is 0.0400. The molecule has 0 aromatic carbocycles. The van der Waals surface area contributed by atoms with Crippen molar-refractivity contribution in [2.24, 2.45) is 0 Å². The van der Waals surface area contributed by atoms with Gasteiger partial charge in [0.2, 0.25) is 0 Å². The first-order valence-electron chi connectivity index (χ1n) is 3.40. The van der Waals surface area contributed by atoms with Gasteiger partial charge in [0.15, 0.2) is 0 Å². The van der Waals surface area contributed by atoms with E-state index < -0.39 is 12.7 Å². The molecule has 11 heavy (non-hydrogen) atoms. The van der Waals surface area contributed by atoms with E-state index in [1.54, 1.807) is 0 Å². The lowest BCUT2D eigenvalue weighted by atomic mass is 10.4. The van der Waals surface area contributed by atoms with Gasteiger partial charge >= 0.3 is 6.18 Å². The van der Waals surface area contributed by atoms with Crippen molar-refractivity contribution in [3.8, 4) is 0 Å². The number of hydrogen-bond donors (Lipinski definition) is 0. The minimum Gasteiger partial charge on any atom is -0.293 e. The minimum absolute atomic E-state index is 0.0997. The van der Waals surface area contributed by atoms with E-state index in [0.717, 1.165) is 0 Å². The highest BCUT2D eigenvalue weighted by atomic mass is 35.5. The summed E-state index contributed by atoms with van der Waals surface area (Å²) >= 11 is 5.63. The largest absolute Gasteiger partial charge is 0.401 e. The molecule has 0 spiro atoms. The minimum atomic E-state index is -4.08. The summed E-state index contributed by atoms with van der Waals surface area (Å²) in [6.07, 6.45) is -3.42. The molecule has 0 aromatic rings. The smallest absolute Gasteiger partial charge is 0.293 e. The Balaban J connectivity index is 2.29. The van der Waals surface area contributed by atoms with E-state index in [0.29, 0.717) is 19.5 Å². The predicted octanol–water partition coefficient (Wildman–Crippen LogP) is 1.86. The van der Waals surface area contributed by atoms with Crippen molar-refractivity contribution < 1.29 is 13.2 Å². The van der Waals surface area contributed by atoms with Crippen LogP contribution in [0.2, 0.25) is 0 Å². The number of rotatable bonds is 1. The topological polar surface area (TPSA) is 3.24 Å². The van der Waals surface area contributed by atoms with Crippen LogP contribution >= 0.6 is 11.6 Å². The van der Waals surface area contributed by atoms with Crippen molar-refractivity contribution in [3.63, 3.8) is 0 Å². The molecule has 0 aliphatic carbocycles. The summed E-state index contributed by atoms with van der Waals surface area (Å²) in [5.74, 6) is 0. The normalized spacial score (nSPS) is 27.8. The van der Waals surface area contributed by atoms with Crippen LogP contribution in [0.4, 0.5) is 13.2 Å². The molecular weight excluding hydrogens is 179 g/mol. The highest BCUT2D eigenvalue weighted by Crippen LogP contribution is 2.21. The van der Waals surface area contributed by atoms with E-state index in [2.05, 4.69) is 0 Å². The molecule has 0 bridgehead atoms. The van der Waals surface area contributed by atoms with E-state index in [1.165, 1.54) is 4.90 Å². The number of likely N-dealkylation sites (tertiary alicyclic amines) is 1. The van der Waals surface area contributed by atoms with E-state index >= 15 is 0 Å². The van der Waals surface area contributed by atoms with Crippen LogP contribution in [-0.4, -0.2) is 36.1 Å². The van der Waals surface area contributed by atoms with Gasteiger partial charge < -0.3 is 0 Å². The maximum absolute atomic E-state index is 11.7. The third-order valence-corrected chi connectivity index (χ3v) is 1.97. The van der Waals surface area contributed by atoms with E-state index in [9.17, 15) is 13.2 Å². The Morgan fingerprint density at radius 1 is 1.45 bits per heavy atom. The third kappa shape index (κ3) is 3.29. The van der Waals surface area contributed by atoms with E-state index in [1.807, 2.05) is 0 Å². The van der Waals surface area contributed by atoms with Crippen LogP contribution in [0, 0.1) is 0 Å². The summed E-state index contributed by atoms with van der Waals surface area (Å²) in [7, 11) is 0. The first-order chi connectivity index (χ1) is 4.97. The highest BCUT2D eigenvalue weighted by Gasteiger charge is 2.33. The summed E-state index contributed by atoms with van der Waals surface area (Å²) in [5, 5.41) is -0.0997. The predicted molar refractivity (Wildman–Crippen MR) is 36.8 cm³/mol. The molecule has 1 nitrogen and oxygen atoms in total. The molecular formula is C6H9ClF3N. The molecule has 0 N–H and O–H groups in total. The molecule has 1 rings (SSSR count). The standard InChI is InChI=1S/C6H9ClF3N/c7-5-1-2-11(3-5)4-6(8,9)10/h5H,1-4H2. The molecule has 5 heteroatoms. The van der Waals surface area contributed by atoms with E-state index in [4.69, 9.17) is 11.6 Å². The van der Waals surface area contributed by atoms with Crippen LogP contribution in [0.15, 0.2) is 0 Å². The Morgan fingerprint density at radius 2 is 2.09 bits per heavy atom. The lowest BCUT2D eigenvalue weighted by Crippen LogP contribution is -2.32. The molecule has 0 aromatic heterocycles. The molecule has 1 aliphatic rings. The SMILES string of the molecule is FC(F)(F)CN1CCC(Cl)C1. The van der Waals surface area contributed by atoms with Crippen LogP contribution in [0.1, 0.15) is 6.42 Å². The van der Waals surface area contributed by atoms with Crippen LogP contribution < -0.4 is 0 Å². The lowest BCUT2D eigenvalue weighted by molar-refractivity contribution is -0.143. The van der Waals surface area contributed by atoms with Gasteiger partial charge in [0.05, 0.1) is 6.54 Å². The van der Waals surface area contributed by atoms with Crippen molar-refractivity contribution in [2.75, 3.05) is 19.6 Å². The molecule has 0 radical (unpaired) electrons. The van der Waals surface area contributed by atoms with Gasteiger partial charge in [0, 0.05) is 11.9 Å². The summed E-state index contributed by atoms with van der Waals surface area (Å²) < 4.78 is 35.2. The highest BCUT2D eigenvalue weighted by molar-refractivity contribution is 6.20. The second-order valence-corrected chi connectivity index (χ2v) is 3.35. The maximum atomic E-state index is 11.7. The number of nitrogens with zero attached hydrogens (tertiary/aromatic N) is 1. The quantitative estimate of drug-likeness (QED) is 0.567. The van der Waals surface area contributed by atoms with Crippen molar-refractivity contribution >= 4 is 11.6 Å².